The van der Waals surface area contributed by atoms with Crippen molar-refractivity contribution in [2.75, 3.05) is 0 Å². The Hall–Kier alpha value is -3.59. The number of halogens is 1. The van der Waals surface area contributed by atoms with E-state index in [1.54, 1.807) is 48.5 Å². The van der Waals surface area contributed by atoms with Crippen molar-refractivity contribution in [3.63, 3.8) is 0 Å². The van der Waals surface area contributed by atoms with Crippen LogP contribution in [0.5, 0.6) is 11.5 Å². The predicted molar refractivity (Wildman–Crippen MR) is 110 cm³/mol. The summed E-state index contributed by atoms with van der Waals surface area (Å²) in [4.78, 5) is 22.9. The first kappa shape index (κ1) is 21.1. The molecule has 2 aromatic carbocycles. The molecule has 30 heavy (non-hydrogen) atoms. The van der Waals surface area contributed by atoms with Gasteiger partial charge in [-0.2, -0.15) is 0 Å². The fourth-order valence-electron chi connectivity index (χ4n) is 3.30. The summed E-state index contributed by atoms with van der Waals surface area (Å²) in [6.07, 6.45) is 7.38. The number of hydrogen-bond acceptors (Lipinski definition) is 4. The molecule has 2 aromatic rings. The number of carbonyl (C=O) groups excluding carboxylic acids is 1. The van der Waals surface area contributed by atoms with Crippen LogP contribution in [0.15, 0.2) is 54.6 Å². The Morgan fingerprint density at radius 2 is 1.73 bits per heavy atom. The van der Waals surface area contributed by atoms with E-state index in [0.717, 1.165) is 25.3 Å². The summed E-state index contributed by atoms with van der Waals surface area (Å²) in [7, 11) is 0. The smallest absolute Gasteiger partial charge is 0.343 e. The van der Waals surface area contributed by atoms with Gasteiger partial charge >= 0.3 is 11.9 Å². The number of benzene rings is 2. The quantitative estimate of drug-likeness (QED) is 0.319. The number of carboxylic acid groups (broad SMARTS) is 1. The lowest BCUT2D eigenvalue weighted by atomic mass is 9.88. The van der Waals surface area contributed by atoms with Gasteiger partial charge in [0, 0.05) is 12.0 Å². The van der Waals surface area contributed by atoms with Gasteiger partial charge in [0.15, 0.2) is 0 Å². The first-order valence-corrected chi connectivity index (χ1v) is 9.64. The molecule has 154 valence electrons. The Morgan fingerprint density at radius 1 is 1.03 bits per heavy atom. The van der Waals surface area contributed by atoms with Crippen molar-refractivity contribution < 1.29 is 28.6 Å². The number of hydrogen-bond donors (Lipinski definition) is 1. The first-order chi connectivity index (χ1) is 14.5. The molecule has 6 heteroatoms. The highest BCUT2D eigenvalue weighted by Gasteiger charge is 2.22. The molecule has 0 heterocycles. The third kappa shape index (κ3) is 6.21. The first-order valence-electron chi connectivity index (χ1n) is 9.64. The number of carbonyl (C=O) groups is 2. The molecule has 1 N–H and O–H groups in total. The normalized spacial score (nSPS) is 18.3. The summed E-state index contributed by atoms with van der Waals surface area (Å²) in [5, 5.41) is 8.64. The lowest BCUT2D eigenvalue weighted by Crippen LogP contribution is -2.24. The zero-order valence-electron chi connectivity index (χ0n) is 16.2. The summed E-state index contributed by atoms with van der Waals surface area (Å²) in [6, 6.07) is 13.2. The van der Waals surface area contributed by atoms with Crippen molar-refractivity contribution in [2.24, 2.45) is 5.92 Å². The lowest BCUT2D eigenvalue weighted by molar-refractivity contribution is -0.131. The molecule has 1 saturated carbocycles. The summed E-state index contributed by atoms with van der Waals surface area (Å²) >= 11 is 0. The SMILES string of the molecule is O=C(O)/C=C/c1ccc(OC(=O)c2ccc(OC3CCCC(C#CF)C3)cc2)cc1. The summed E-state index contributed by atoms with van der Waals surface area (Å²) < 4.78 is 23.5. The second-order valence-corrected chi connectivity index (χ2v) is 7.00. The minimum atomic E-state index is -1.03. The van der Waals surface area contributed by atoms with Gasteiger partial charge in [0.2, 0.25) is 0 Å². The molecule has 1 aliphatic rings. The van der Waals surface area contributed by atoms with E-state index in [0.29, 0.717) is 29.0 Å². The maximum absolute atomic E-state index is 12.3. The van der Waals surface area contributed by atoms with Crippen LogP contribution in [0, 0.1) is 18.0 Å². The van der Waals surface area contributed by atoms with Crippen LogP contribution in [-0.2, 0) is 4.79 Å². The van der Waals surface area contributed by atoms with Crippen molar-refractivity contribution in [3.8, 4) is 23.6 Å². The van der Waals surface area contributed by atoms with Crippen molar-refractivity contribution in [1.82, 2.24) is 0 Å². The van der Waals surface area contributed by atoms with Crippen LogP contribution in [0.1, 0.15) is 41.6 Å². The predicted octanol–water partition coefficient (Wildman–Crippen LogP) is 4.87. The fraction of sp³-hybridized carbons (Fsp3) is 0.250. The molecule has 3 rings (SSSR count). The van der Waals surface area contributed by atoms with Crippen molar-refractivity contribution in [1.29, 1.82) is 0 Å². The molecule has 5 nitrogen and oxygen atoms in total. The van der Waals surface area contributed by atoms with Gasteiger partial charge in [-0.05, 0) is 73.7 Å². The minimum Gasteiger partial charge on any atom is -0.490 e. The molecule has 1 fully saturated rings. The van der Waals surface area contributed by atoms with Gasteiger partial charge in [-0.1, -0.05) is 18.1 Å². The van der Waals surface area contributed by atoms with E-state index in [1.807, 2.05) is 0 Å². The molecule has 0 spiro atoms. The number of carboxylic acids is 1. The van der Waals surface area contributed by atoms with Gasteiger partial charge in [-0.25, -0.2) is 9.59 Å². The maximum Gasteiger partial charge on any atom is 0.343 e. The Balaban J connectivity index is 1.55. The molecule has 0 saturated heterocycles. The number of esters is 1. The minimum absolute atomic E-state index is 0.0175. The highest BCUT2D eigenvalue weighted by atomic mass is 19.1. The molecule has 0 bridgehead atoms. The van der Waals surface area contributed by atoms with Gasteiger partial charge in [0.25, 0.3) is 0 Å². The molecule has 1 aliphatic carbocycles. The molecule has 2 atom stereocenters. The van der Waals surface area contributed by atoms with Crippen molar-refractivity contribution in [3.05, 3.63) is 65.7 Å². The van der Waals surface area contributed by atoms with E-state index < -0.39 is 11.9 Å². The number of aliphatic carboxylic acids is 1. The van der Waals surface area contributed by atoms with Crippen LogP contribution in [-0.4, -0.2) is 23.1 Å². The van der Waals surface area contributed by atoms with Crippen molar-refractivity contribution >= 4 is 18.0 Å². The van der Waals surface area contributed by atoms with E-state index >= 15 is 0 Å². The Bertz CT molecular complexity index is 967. The van der Waals surface area contributed by atoms with E-state index in [4.69, 9.17) is 14.6 Å². The Labute approximate surface area is 174 Å². The average molecular weight is 408 g/mol. The molecular formula is C24H21FO5. The maximum atomic E-state index is 12.3. The van der Waals surface area contributed by atoms with E-state index in [1.165, 1.54) is 12.3 Å². The molecular weight excluding hydrogens is 387 g/mol. The highest BCUT2D eigenvalue weighted by Crippen LogP contribution is 2.28. The topological polar surface area (TPSA) is 72.8 Å². The largest absolute Gasteiger partial charge is 0.490 e. The molecule has 2 unspecified atom stereocenters. The van der Waals surface area contributed by atoms with Crippen LogP contribution in [0.2, 0.25) is 0 Å². The third-order valence-electron chi connectivity index (χ3n) is 4.79. The van der Waals surface area contributed by atoms with Crippen LogP contribution >= 0.6 is 0 Å². The van der Waals surface area contributed by atoms with Crippen molar-refractivity contribution in [2.45, 2.75) is 31.8 Å². The van der Waals surface area contributed by atoms with Crippen LogP contribution in [0.4, 0.5) is 4.39 Å². The monoisotopic (exact) mass is 408 g/mol. The lowest BCUT2D eigenvalue weighted by Gasteiger charge is -2.26. The second-order valence-electron chi connectivity index (χ2n) is 7.00. The molecule has 0 radical (unpaired) electrons. The van der Waals surface area contributed by atoms with Crippen LogP contribution < -0.4 is 9.47 Å². The molecule has 0 aliphatic heterocycles. The van der Waals surface area contributed by atoms with Gasteiger partial charge in [0.05, 0.1) is 11.7 Å². The van der Waals surface area contributed by atoms with Crippen LogP contribution in [0.3, 0.4) is 0 Å². The summed E-state index contributed by atoms with van der Waals surface area (Å²) in [5.41, 5.74) is 1.06. The number of ether oxygens (including phenoxy) is 2. The molecule has 0 amide bonds. The van der Waals surface area contributed by atoms with Crippen LogP contribution in [0.25, 0.3) is 6.08 Å². The number of rotatable bonds is 6. The van der Waals surface area contributed by atoms with E-state index in [-0.39, 0.29) is 12.0 Å². The zero-order chi connectivity index (χ0) is 21.3. The summed E-state index contributed by atoms with van der Waals surface area (Å²) in [5.74, 6) is 2.05. The van der Waals surface area contributed by atoms with E-state index in [2.05, 4.69) is 5.92 Å². The molecule has 0 aromatic heterocycles. The van der Waals surface area contributed by atoms with Gasteiger partial charge in [0.1, 0.15) is 17.7 Å². The van der Waals surface area contributed by atoms with Gasteiger partial charge in [-0.3, -0.25) is 0 Å². The Kier molecular flexibility index (Phi) is 7.23. The van der Waals surface area contributed by atoms with Gasteiger partial charge < -0.3 is 14.6 Å². The Morgan fingerprint density at radius 3 is 2.40 bits per heavy atom. The highest BCUT2D eigenvalue weighted by molar-refractivity contribution is 5.91. The standard InChI is InChI=1S/C24H21FO5/c25-15-14-18-2-1-3-22(16-18)29-20-11-7-19(8-12-20)24(28)30-21-9-4-17(5-10-21)6-13-23(26)27/h4-13,18,22H,1-3,16H2,(H,26,27)/b13-6+. The zero-order valence-corrected chi connectivity index (χ0v) is 16.2. The van der Waals surface area contributed by atoms with Gasteiger partial charge in [-0.15, -0.1) is 4.39 Å². The third-order valence-corrected chi connectivity index (χ3v) is 4.79. The fourth-order valence-corrected chi connectivity index (χ4v) is 3.30. The van der Waals surface area contributed by atoms with E-state index in [9.17, 15) is 14.0 Å². The summed E-state index contributed by atoms with van der Waals surface area (Å²) in [6.45, 7) is 0. The average Bonchev–Trinajstić information content (AvgIpc) is 2.74. The second kappa shape index (κ2) is 10.3.